The van der Waals surface area contributed by atoms with E-state index < -0.39 is 28.9 Å². The average molecular weight is 472 g/mol. The predicted octanol–water partition coefficient (Wildman–Crippen LogP) is 4.75. The van der Waals surface area contributed by atoms with Crippen LogP contribution >= 0.6 is 0 Å². The van der Waals surface area contributed by atoms with Crippen molar-refractivity contribution in [1.82, 2.24) is 14.8 Å². The Morgan fingerprint density at radius 1 is 1.18 bits per heavy atom. The van der Waals surface area contributed by atoms with E-state index >= 15 is 0 Å². The number of carbonyl (C=O) groups is 1. The Labute approximate surface area is 191 Å². The number of hydrogen-bond acceptors (Lipinski definition) is 6. The third-order valence-corrected chi connectivity index (χ3v) is 5.38. The van der Waals surface area contributed by atoms with Gasteiger partial charge in [-0.3, -0.25) is 14.9 Å². The number of anilines is 2. The van der Waals surface area contributed by atoms with Crippen molar-refractivity contribution in [2.45, 2.75) is 33.0 Å². The number of nitrogens with zero attached hydrogens (tertiary/aromatic N) is 4. The first-order valence-corrected chi connectivity index (χ1v) is 10.1. The minimum Gasteiger partial charge on any atom is -0.328 e. The largest absolute Gasteiger partial charge is 0.453 e. The van der Waals surface area contributed by atoms with E-state index in [9.17, 15) is 28.1 Å². The fourth-order valence-corrected chi connectivity index (χ4v) is 3.83. The Balaban J connectivity index is 1.84. The Bertz CT molecular complexity index is 1350. The number of amides is 1. The van der Waals surface area contributed by atoms with E-state index in [1.807, 2.05) is 26.0 Å². The van der Waals surface area contributed by atoms with Gasteiger partial charge in [0.25, 0.3) is 17.4 Å². The maximum Gasteiger partial charge on any atom is 0.453 e. The van der Waals surface area contributed by atoms with Crippen molar-refractivity contribution >= 4 is 23.2 Å². The number of allylic oxidation sites excluding steroid dienone is 1. The van der Waals surface area contributed by atoms with Gasteiger partial charge in [0, 0.05) is 23.5 Å². The number of non-ortho nitro benzene ring substituents is 1. The zero-order chi connectivity index (χ0) is 24.8. The number of carbonyl (C=O) groups excluding carboxylic acids is 1. The highest BCUT2D eigenvalue weighted by atomic mass is 19.4. The van der Waals surface area contributed by atoms with Crippen molar-refractivity contribution in [3.63, 3.8) is 0 Å². The Morgan fingerprint density at radius 2 is 1.91 bits per heavy atom. The molecule has 12 heteroatoms. The van der Waals surface area contributed by atoms with Crippen molar-refractivity contribution in [3.8, 4) is 0 Å². The predicted molar refractivity (Wildman–Crippen MR) is 117 cm³/mol. The van der Waals surface area contributed by atoms with Crippen LogP contribution in [0.4, 0.5) is 30.5 Å². The normalized spacial score (nSPS) is 15.5. The number of hydrogen-bond donors (Lipinski definition) is 2. The standard InChI is InChI=1S/C22H19F3N6O3/c1-11-7-8-16(12(2)9-11)27-19(32)17-13(3)26-21-28-20(22(23,24)25)29-30(21)18(17)14-5-4-6-15(10-14)31(33)34/h4-10,18H,1-3H3,(H,27,32)(H,26,28,29)/t18-/m1/s1. The number of halogens is 3. The van der Waals surface area contributed by atoms with Gasteiger partial charge >= 0.3 is 6.18 Å². The molecule has 3 aromatic rings. The number of nitro benzene ring substituents is 1. The van der Waals surface area contributed by atoms with Crippen molar-refractivity contribution in [2.24, 2.45) is 0 Å². The molecule has 1 aromatic heterocycles. The molecular formula is C22H19F3N6O3. The van der Waals surface area contributed by atoms with E-state index in [-0.39, 0.29) is 28.5 Å². The summed E-state index contributed by atoms with van der Waals surface area (Å²) in [4.78, 5) is 27.6. The number of aromatic nitrogens is 3. The Hall–Kier alpha value is -4.22. The van der Waals surface area contributed by atoms with E-state index in [1.165, 1.54) is 31.2 Å². The Morgan fingerprint density at radius 3 is 2.56 bits per heavy atom. The third kappa shape index (κ3) is 4.21. The van der Waals surface area contributed by atoms with Crippen LogP contribution in [0.3, 0.4) is 0 Å². The summed E-state index contributed by atoms with van der Waals surface area (Å²) in [5.41, 5.74) is 2.53. The third-order valence-electron chi connectivity index (χ3n) is 5.38. The molecule has 0 unspecified atom stereocenters. The van der Waals surface area contributed by atoms with Crippen LogP contribution in [-0.2, 0) is 11.0 Å². The van der Waals surface area contributed by atoms with Crippen LogP contribution in [0.15, 0.2) is 53.7 Å². The molecule has 2 heterocycles. The lowest BCUT2D eigenvalue weighted by molar-refractivity contribution is -0.384. The SMILES string of the molecule is CC1=C(C(=O)Nc2ccc(C)cc2C)[C@@H](c2cccc([N+](=O)[O-])c2)n2nc(C(F)(F)F)nc2N1. The van der Waals surface area contributed by atoms with Crippen LogP contribution in [0, 0.1) is 24.0 Å². The number of aryl methyl sites for hydroxylation is 2. The molecule has 0 saturated carbocycles. The first-order valence-electron chi connectivity index (χ1n) is 10.1. The summed E-state index contributed by atoms with van der Waals surface area (Å²) in [7, 11) is 0. The number of alkyl halides is 3. The highest BCUT2D eigenvalue weighted by Gasteiger charge is 2.41. The van der Waals surface area contributed by atoms with Gasteiger partial charge in [-0.15, -0.1) is 5.10 Å². The molecular weight excluding hydrogens is 453 g/mol. The highest BCUT2D eigenvalue weighted by molar-refractivity contribution is 6.06. The lowest BCUT2D eigenvalue weighted by atomic mass is 9.94. The smallest absolute Gasteiger partial charge is 0.328 e. The molecule has 0 spiro atoms. The quantitative estimate of drug-likeness (QED) is 0.418. The molecule has 0 radical (unpaired) electrons. The molecule has 1 aliphatic heterocycles. The summed E-state index contributed by atoms with van der Waals surface area (Å²) in [5, 5.41) is 20.4. The molecule has 0 fully saturated rings. The minimum absolute atomic E-state index is 0.0478. The lowest BCUT2D eigenvalue weighted by Crippen LogP contribution is -2.31. The van der Waals surface area contributed by atoms with Gasteiger partial charge in [-0.1, -0.05) is 29.8 Å². The maximum absolute atomic E-state index is 13.4. The maximum atomic E-state index is 13.4. The lowest BCUT2D eigenvalue weighted by Gasteiger charge is -2.28. The van der Waals surface area contributed by atoms with E-state index in [0.29, 0.717) is 5.69 Å². The number of rotatable bonds is 4. The minimum atomic E-state index is -4.82. The molecule has 1 aliphatic rings. The van der Waals surface area contributed by atoms with Crippen LogP contribution in [0.25, 0.3) is 0 Å². The van der Waals surface area contributed by atoms with Crippen LogP contribution in [0.5, 0.6) is 0 Å². The van der Waals surface area contributed by atoms with Crippen molar-refractivity contribution < 1.29 is 22.9 Å². The summed E-state index contributed by atoms with van der Waals surface area (Å²) < 4.78 is 41.0. The van der Waals surface area contributed by atoms with Crippen molar-refractivity contribution in [2.75, 3.05) is 10.6 Å². The van der Waals surface area contributed by atoms with E-state index in [0.717, 1.165) is 15.8 Å². The summed E-state index contributed by atoms with van der Waals surface area (Å²) in [6, 6.07) is 9.55. The second kappa shape index (κ2) is 8.28. The van der Waals surface area contributed by atoms with Crippen molar-refractivity contribution in [1.29, 1.82) is 0 Å². The highest BCUT2D eigenvalue weighted by Crippen LogP contribution is 2.38. The van der Waals surface area contributed by atoms with Gasteiger partial charge in [-0.05, 0) is 38.0 Å². The van der Waals surface area contributed by atoms with Gasteiger partial charge in [-0.2, -0.15) is 18.2 Å². The molecule has 2 aromatic carbocycles. The second-order valence-corrected chi connectivity index (χ2v) is 7.89. The fourth-order valence-electron chi connectivity index (χ4n) is 3.83. The second-order valence-electron chi connectivity index (χ2n) is 7.89. The van der Waals surface area contributed by atoms with Gasteiger partial charge < -0.3 is 10.6 Å². The van der Waals surface area contributed by atoms with Crippen LogP contribution in [0.1, 0.15) is 35.5 Å². The molecule has 1 amide bonds. The van der Waals surface area contributed by atoms with Gasteiger partial charge in [0.05, 0.1) is 10.5 Å². The van der Waals surface area contributed by atoms with E-state index in [1.54, 1.807) is 6.07 Å². The first kappa shape index (κ1) is 23.0. The summed E-state index contributed by atoms with van der Waals surface area (Å²) >= 11 is 0. The monoisotopic (exact) mass is 472 g/mol. The first-order chi connectivity index (χ1) is 16.0. The zero-order valence-corrected chi connectivity index (χ0v) is 18.3. The van der Waals surface area contributed by atoms with Crippen LogP contribution in [0.2, 0.25) is 0 Å². The summed E-state index contributed by atoms with van der Waals surface area (Å²) in [6.07, 6.45) is -4.82. The van der Waals surface area contributed by atoms with E-state index in [4.69, 9.17) is 0 Å². The van der Waals surface area contributed by atoms with Crippen LogP contribution < -0.4 is 10.6 Å². The van der Waals surface area contributed by atoms with Crippen LogP contribution in [-0.4, -0.2) is 25.6 Å². The number of nitro groups is 1. The van der Waals surface area contributed by atoms with E-state index in [2.05, 4.69) is 20.7 Å². The van der Waals surface area contributed by atoms with Gasteiger partial charge in [0.2, 0.25) is 5.95 Å². The zero-order valence-electron chi connectivity index (χ0n) is 18.3. The fraction of sp³-hybridized carbons (Fsp3) is 0.227. The molecule has 34 heavy (non-hydrogen) atoms. The van der Waals surface area contributed by atoms with Gasteiger partial charge in [0.15, 0.2) is 0 Å². The molecule has 4 rings (SSSR count). The number of benzene rings is 2. The number of fused-ring (bicyclic) bond motifs is 1. The molecule has 0 saturated heterocycles. The van der Waals surface area contributed by atoms with Gasteiger partial charge in [-0.25, -0.2) is 4.68 Å². The average Bonchev–Trinajstić information content (AvgIpc) is 3.19. The molecule has 0 bridgehead atoms. The molecule has 9 nitrogen and oxygen atoms in total. The number of nitrogens with one attached hydrogen (secondary N) is 2. The van der Waals surface area contributed by atoms with Crippen molar-refractivity contribution in [3.05, 3.63) is 86.4 Å². The molecule has 1 atom stereocenters. The Kier molecular flexibility index (Phi) is 5.59. The summed E-state index contributed by atoms with van der Waals surface area (Å²) in [5.74, 6) is -2.22. The topological polar surface area (TPSA) is 115 Å². The molecule has 2 N–H and O–H groups in total. The molecule has 0 aliphatic carbocycles. The molecule has 176 valence electrons. The summed E-state index contributed by atoms with van der Waals surface area (Å²) in [6.45, 7) is 5.23. The van der Waals surface area contributed by atoms with Gasteiger partial charge in [0.1, 0.15) is 6.04 Å².